The number of aromatic nitrogens is 2. The average molecular weight is 484 g/mol. The molecule has 9 heteroatoms. The van der Waals surface area contributed by atoms with Gasteiger partial charge in [0, 0.05) is 29.0 Å². The van der Waals surface area contributed by atoms with Crippen LogP contribution in [0.25, 0.3) is 21.1 Å². The molecule has 1 fully saturated rings. The first-order valence-electron chi connectivity index (χ1n) is 10.7. The van der Waals surface area contributed by atoms with Gasteiger partial charge in [0.1, 0.15) is 25.6 Å². The van der Waals surface area contributed by atoms with Gasteiger partial charge >= 0.3 is 0 Å². The molecule has 33 heavy (non-hydrogen) atoms. The maximum Gasteiger partial charge on any atom is 0.163 e. The lowest BCUT2D eigenvalue weighted by Crippen LogP contribution is -2.26. The van der Waals surface area contributed by atoms with Crippen LogP contribution in [0, 0.1) is 0 Å². The highest BCUT2D eigenvalue weighted by atomic mass is 32.1. The zero-order valence-corrected chi connectivity index (χ0v) is 20.7. The molecule has 1 atom stereocenters. The molecule has 0 spiro atoms. The van der Waals surface area contributed by atoms with Crippen LogP contribution in [0.1, 0.15) is 13.8 Å². The van der Waals surface area contributed by atoms with E-state index in [-0.39, 0.29) is 6.10 Å². The molecule has 0 amide bonds. The molecule has 5 rings (SSSR count). The summed E-state index contributed by atoms with van der Waals surface area (Å²) in [6.07, 6.45) is 1.57. The molecule has 3 heterocycles. The van der Waals surface area contributed by atoms with Crippen molar-refractivity contribution in [3.8, 4) is 5.75 Å². The summed E-state index contributed by atoms with van der Waals surface area (Å²) in [5.74, 6) is -0.0490. The number of benzene rings is 2. The van der Waals surface area contributed by atoms with Crippen LogP contribution in [-0.2, 0) is 14.0 Å². The van der Waals surface area contributed by atoms with Gasteiger partial charge in [-0.15, -0.1) is 11.3 Å². The standard InChI is InChI=1S/C24H26N3O4PS/c1-24(2)30-13-16(31-24)12-29-21-11-19-17(10-22(21)32(3,4)28)18(7-8-25-19)27-15-5-6-23-20(9-15)26-14-33-23/h5-11,14,16H,12-13H2,1-4H3,(H,25,27). The molecule has 4 aromatic rings. The van der Waals surface area contributed by atoms with Crippen molar-refractivity contribution in [1.82, 2.24) is 9.97 Å². The molecule has 1 unspecified atom stereocenters. The second kappa shape index (κ2) is 8.37. The van der Waals surface area contributed by atoms with Crippen LogP contribution in [0.15, 0.2) is 48.1 Å². The van der Waals surface area contributed by atoms with E-state index >= 15 is 0 Å². The molecular weight excluding hydrogens is 457 g/mol. The predicted octanol–water partition coefficient (Wildman–Crippen LogP) is 5.37. The minimum absolute atomic E-state index is 0.182. The van der Waals surface area contributed by atoms with Crippen LogP contribution in [0.5, 0.6) is 5.75 Å². The second-order valence-electron chi connectivity index (χ2n) is 8.97. The lowest BCUT2D eigenvalue weighted by molar-refractivity contribution is -0.141. The summed E-state index contributed by atoms with van der Waals surface area (Å²) in [4.78, 5) is 8.93. The van der Waals surface area contributed by atoms with Crippen molar-refractivity contribution in [3.63, 3.8) is 0 Å². The number of thiazole rings is 1. The number of ether oxygens (including phenoxy) is 3. The number of hydrogen-bond donors (Lipinski definition) is 1. The van der Waals surface area contributed by atoms with Gasteiger partial charge in [0.2, 0.25) is 0 Å². The van der Waals surface area contributed by atoms with Gasteiger partial charge in [0.25, 0.3) is 0 Å². The first kappa shape index (κ1) is 22.3. The summed E-state index contributed by atoms with van der Waals surface area (Å²) in [6.45, 7) is 8.03. The van der Waals surface area contributed by atoms with Crippen LogP contribution in [-0.4, -0.2) is 48.4 Å². The molecule has 0 bridgehead atoms. The highest BCUT2D eigenvalue weighted by Crippen LogP contribution is 2.41. The van der Waals surface area contributed by atoms with Crippen LogP contribution in [0.3, 0.4) is 0 Å². The van der Waals surface area contributed by atoms with Crippen LogP contribution >= 0.6 is 18.5 Å². The first-order valence-corrected chi connectivity index (χ1v) is 14.2. The third-order valence-electron chi connectivity index (χ3n) is 5.50. The fourth-order valence-corrected chi connectivity index (χ4v) is 5.69. The van der Waals surface area contributed by atoms with E-state index in [1.807, 2.05) is 49.7 Å². The van der Waals surface area contributed by atoms with Gasteiger partial charge in [0.15, 0.2) is 5.79 Å². The highest BCUT2D eigenvalue weighted by Gasteiger charge is 2.33. The molecule has 1 aliphatic heterocycles. The Morgan fingerprint density at radius 3 is 2.79 bits per heavy atom. The van der Waals surface area contributed by atoms with Crippen LogP contribution < -0.4 is 15.4 Å². The monoisotopic (exact) mass is 483 g/mol. The van der Waals surface area contributed by atoms with E-state index < -0.39 is 12.9 Å². The quantitative estimate of drug-likeness (QED) is 0.369. The largest absolute Gasteiger partial charge is 0.490 e. The van der Waals surface area contributed by atoms with E-state index in [9.17, 15) is 4.57 Å². The van der Waals surface area contributed by atoms with Crippen molar-refractivity contribution in [3.05, 3.63) is 48.1 Å². The summed E-state index contributed by atoms with van der Waals surface area (Å²) in [6, 6.07) is 11.8. The van der Waals surface area contributed by atoms with Crippen molar-refractivity contribution < 1.29 is 18.8 Å². The van der Waals surface area contributed by atoms with Gasteiger partial charge < -0.3 is 24.1 Å². The van der Waals surface area contributed by atoms with E-state index in [1.54, 1.807) is 30.9 Å². The number of nitrogens with one attached hydrogen (secondary N) is 1. The fourth-order valence-electron chi connectivity index (χ4n) is 3.93. The summed E-state index contributed by atoms with van der Waals surface area (Å²) in [7, 11) is -2.63. The molecule has 0 saturated carbocycles. The van der Waals surface area contributed by atoms with Gasteiger partial charge in [-0.3, -0.25) is 4.98 Å². The minimum atomic E-state index is -2.63. The van der Waals surface area contributed by atoms with Crippen molar-refractivity contribution in [2.45, 2.75) is 25.7 Å². The SMILES string of the molecule is CC1(C)OCC(COc2cc3nccc(Nc4ccc5scnc5c4)c3cc2P(C)(C)=O)O1. The number of nitrogens with zero attached hydrogens (tertiary/aromatic N) is 2. The zero-order chi connectivity index (χ0) is 23.2. The zero-order valence-electron chi connectivity index (χ0n) is 19.0. The third-order valence-corrected chi connectivity index (χ3v) is 7.82. The topological polar surface area (TPSA) is 82.6 Å². The number of fused-ring (bicyclic) bond motifs is 2. The summed E-state index contributed by atoms with van der Waals surface area (Å²) < 4.78 is 31.9. The Labute approximate surface area is 196 Å². The fraction of sp³-hybridized carbons (Fsp3) is 0.333. The number of hydrogen-bond acceptors (Lipinski definition) is 8. The minimum Gasteiger partial charge on any atom is -0.490 e. The Kier molecular flexibility index (Phi) is 5.65. The normalized spacial score (nSPS) is 18.1. The Hall–Kier alpha value is -2.51. The summed E-state index contributed by atoms with van der Waals surface area (Å²) in [5.41, 5.74) is 5.36. The second-order valence-corrected chi connectivity index (χ2v) is 13.0. The molecule has 2 aromatic carbocycles. The van der Waals surface area contributed by atoms with Crippen molar-refractivity contribution in [2.24, 2.45) is 0 Å². The number of anilines is 2. The van der Waals surface area contributed by atoms with Crippen molar-refractivity contribution >= 4 is 56.3 Å². The van der Waals surface area contributed by atoms with Crippen molar-refractivity contribution in [2.75, 3.05) is 31.9 Å². The van der Waals surface area contributed by atoms with Crippen LogP contribution in [0.2, 0.25) is 0 Å². The molecule has 1 N–H and O–H groups in total. The molecule has 0 radical (unpaired) electrons. The molecule has 2 aromatic heterocycles. The van der Waals surface area contributed by atoms with Gasteiger partial charge in [-0.1, -0.05) is 0 Å². The predicted molar refractivity (Wildman–Crippen MR) is 134 cm³/mol. The maximum absolute atomic E-state index is 13.2. The summed E-state index contributed by atoms with van der Waals surface area (Å²) >= 11 is 1.61. The molecule has 7 nitrogen and oxygen atoms in total. The van der Waals surface area contributed by atoms with Gasteiger partial charge in [-0.05, 0) is 57.5 Å². The maximum atomic E-state index is 13.2. The Balaban J connectivity index is 1.48. The Bertz CT molecular complexity index is 1380. The third kappa shape index (κ3) is 4.75. The summed E-state index contributed by atoms with van der Waals surface area (Å²) in [5, 5.41) is 5.03. The first-order chi connectivity index (χ1) is 15.7. The number of rotatable bonds is 6. The van der Waals surface area contributed by atoms with E-state index in [1.165, 1.54) is 0 Å². The lowest BCUT2D eigenvalue weighted by Gasteiger charge is -2.20. The van der Waals surface area contributed by atoms with E-state index in [0.29, 0.717) is 24.3 Å². The Morgan fingerprint density at radius 2 is 2.03 bits per heavy atom. The smallest absolute Gasteiger partial charge is 0.163 e. The van der Waals surface area contributed by atoms with Crippen molar-refractivity contribution in [1.29, 1.82) is 0 Å². The van der Waals surface area contributed by atoms with Gasteiger partial charge in [0.05, 0.1) is 33.2 Å². The molecule has 0 aliphatic carbocycles. The van der Waals surface area contributed by atoms with Gasteiger partial charge in [-0.25, -0.2) is 4.98 Å². The lowest BCUT2D eigenvalue weighted by atomic mass is 10.1. The molecular formula is C24H26N3O4PS. The van der Waals surface area contributed by atoms with E-state index in [0.717, 1.165) is 32.5 Å². The Morgan fingerprint density at radius 1 is 1.18 bits per heavy atom. The van der Waals surface area contributed by atoms with Crippen LogP contribution in [0.4, 0.5) is 11.4 Å². The van der Waals surface area contributed by atoms with Gasteiger partial charge in [-0.2, -0.15) is 0 Å². The molecule has 1 aliphatic rings. The van der Waals surface area contributed by atoms with E-state index in [2.05, 4.69) is 21.4 Å². The number of pyridine rings is 1. The molecule has 1 saturated heterocycles. The van der Waals surface area contributed by atoms with E-state index in [4.69, 9.17) is 14.2 Å². The molecule has 172 valence electrons. The average Bonchev–Trinajstić information content (AvgIpc) is 3.36. The highest BCUT2D eigenvalue weighted by molar-refractivity contribution is 7.70.